The number of hydrogen-bond acceptors (Lipinski definition) is 5. The van der Waals surface area contributed by atoms with Crippen molar-refractivity contribution in [2.45, 2.75) is 6.92 Å². The Morgan fingerprint density at radius 1 is 1.28 bits per heavy atom. The molecule has 18 heavy (non-hydrogen) atoms. The van der Waals surface area contributed by atoms with Gasteiger partial charge in [-0.2, -0.15) is 5.26 Å². The zero-order chi connectivity index (χ0) is 13.0. The molecule has 0 aliphatic carbocycles. The Bertz CT molecular complexity index is 588. The van der Waals surface area contributed by atoms with Crippen molar-refractivity contribution in [3.8, 4) is 6.19 Å². The maximum absolute atomic E-state index is 8.81. The molecule has 1 heterocycles. The molecular formula is C13H13N5. The Morgan fingerprint density at radius 3 is 2.78 bits per heavy atom. The van der Waals surface area contributed by atoms with Crippen molar-refractivity contribution < 1.29 is 0 Å². The first kappa shape index (κ1) is 11.9. The maximum atomic E-state index is 8.81. The lowest BCUT2D eigenvalue weighted by Crippen LogP contribution is -2.10. The Labute approximate surface area is 106 Å². The molecule has 5 nitrogen and oxygen atoms in total. The Kier molecular flexibility index (Phi) is 3.39. The third-order valence-corrected chi connectivity index (χ3v) is 2.55. The van der Waals surface area contributed by atoms with Crippen molar-refractivity contribution in [1.82, 2.24) is 9.97 Å². The van der Waals surface area contributed by atoms with Gasteiger partial charge in [0.25, 0.3) is 0 Å². The van der Waals surface area contributed by atoms with Crippen molar-refractivity contribution in [3.05, 3.63) is 42.2 Å². The Morgan fingerprint density at radius 2 is 2.06 bits per heavy atom. The number of rotatable bonds is 3. The number of aryl methyl sites for hydroxylation is 1. The molecule has 1 aromatic carbocycles. The number of aromatic nitrogens is 2. The molecule has 0 spiro atoms. The largest absolute Gasteiger partial charge is 0.340 e. The third kappa shape index (κ3) is 2.55. The zero-order valence-corrected chi connectivity index (χ0v) is 10.3. The van der Waals surface area contributed by atoms with Crippen LogP contribution in [0, 0.1) is 18.4 Å². The number of hydrogen-bond donors (Lipinski definition) is 1. The van der Waals surface area contributed by atoms with Crippen LogP contribution in [-0.4, -0.2) is 17.0 Å². The summed E-state index contributed by atoms with van der Waals surface area (Å²) in [4.78, 5) is 9.54. The van der Waals surface area contributed by atoms with Crippen LogP contribution in [-0.2, 0) is 0 Å². The molecule has 2 aromatic rings. The summed E-state index contributed by atoms with van der Waals surface area (Å²) in [5, 5.41) is 12.0. The third-order valence-electron chi connectivity index (χ3n) is 2.55. The SMILES string of the molecule is Cc1ccccc1Nc1cc(N(C)C#N)ncn1. The lowest BCUT2D eigenvalue weighted by Gasteiger charge is -2.11. The summed E-state index contributed by atoms with van der Waals surface area (Å²) in [6, 6.07) is 9.67. The fourth-order valence-electron chi connectivity index (χ4n) is 1.50. The van der Waals surface area contributed by atoms with E-state index in [2.05, 4.69) is 15.3 Å². The molecule has 1 aromatic heterocycles. The highest BCUT2D eigenvalue weighted by molar-refractivity contribution is 5.62. The highest BCUT2D eigenvalue weighted by Gasteiger charge is 2.04. The van der Waals surface area contributed by atoms with Crippen molar-refractivity contribution in [2.75, 3.05) is 17.3 Å². The first-order valence-electron chi connectivity index (χ1n) is 5.49. The lowest BCUT2D eigenvalue weighted by atomic mass is 10.2. The molecule has 0 fully saturated rings. The Hall–Kier alpha value is -2.61. The second kappa shape index (κ2) is 5.15. The molecule has 0 aliphatic heterocycles. The van der Waals surface area contributed by atoms with E-state index in [0.717, 1.165) is 11.3 Å². The number of nitrogens with one attached hydrogen (secondary N) is 1. The van der Waals surface area contributed by atoms with Gasteiger partial charge >= 0.3 is 0 Å². The molecule has 0 radical (unpaired) electrons. The van der Waals surface area contributed by atoms with Gasteiger partial charge in [-0.3, -0.25) is 4.90 Å². The molecule has 0 amide bonds. The second-order valence-electron chi connectivity index (χ2n) is 3.86. The lowest BCUT2D eigenvalue weighted by molar-refractivity contribution is 1.08. The molecule has 5 heteroatoms. The highest BCUT2D eigenvalue weighted by atomic mass is 15.2. The average Bonchev–Trinajstić information content (AvgIpc) is 2.41. The van der Waals surface area contributed by atoms with Crippen LogP contribution in [0.2, 0.25) is 0 Å². The van der Waals surface area contributed by atoms with Gasteiger partial charge in [0.05, 0.1) is 0 Å². The summed E-state index contributed by atoms with van der Waals surface area (Å²) in [5.41, 5.74) is 2.12. The summed E-state index contributed by atoms with van der Waals surface area (Å²) in [6.07, 6.45) is 3.43. The van der Waals surface area contributed by atoms with E-state index in [0.29, 0.717) is 11.6 Å². The molecule has 90 valence electrons. The minimum absolute atomic E-state index is 0.559. The maximum Gasteiger partial charge on any atom is 0.185 e. The van der Waals surface area contributed by atoms with E-state index in [-0.39, 0.29) is 0 Å². The molecular weight excluding hydrogens is 226 g/mol. The normalized spacial score (nSPS) is 9.61. The van der Waals surface area contributed by atoms with Gasteiger partial charge in [-0.15, -0.1) is 0 Å². The highest BCUT2D eigenvalue weighted by Crippen LogP contribution is 2.20. The monoisotopic (exact) mass is 239 g/mol. The molecule has 0 unspecified atom stereocenters. The smallest absolute Gasteiger partial charge is 0.185 e. The number of nitriles is 1. The molecule has 2 rings (SSSR count). The number of anilines is 3. The molecule has 0 atom stereocenters. The molecule has 0 saturated carbocycles. The molecule has 1 N–H and O–H groups in total. The Balaban J connectivity index is 2.26. The summed E-state index contributed by atoms with van der Waals surface area (Å²) in [5.74, 6) is 1.22. The van der Waals surface area contributed by atoms with Gasteiger partial charge in [-0.1, -0.05) is 18.2 Å². The molecule has 0 bridgehead atoms. The van der Waals surface area contributed by atoms with Crippen molar-refractivity contribution in [3.63, 3.8) is 0 Å². The van der Waals surface area contributed by atoms with E-state index in [1.165, 1.54) is 11.2 Å². The molecule has 0 aliphatic rings. The van der Waals surface area contributed by atoms with Crippen molar-refractivity contribution in [2.24, 2.45) is 0 Å². The van der Waals surface area contributed by atoms with Crippen LogP contribution in [0.25, 0.3) is 0 Å². The van der Waals surface area contributed by atoms with E-state index in [9.17, 15) is 0 Å². The van der Waals surface area contributed by atoms with Crippen LogP contribution < -0.4 is 10.2 Å². The summed E-state index contributed by atoms with van der Waals surface area (Å²) in [7, 11) is 1.65. The predicted octanol–water partition coefficient (Wildman–Crippen LogP) is 2.45. The van der Waals surface area contributed by atoms with Gasteiger partial charge in [0, 0.05) is 18.8 Å². The summed E-state index contributed by atoms with van der Waals surface area (Å²) >= 11 is 0. The topological polar surface area (TPSA) is 64.8 Å². The first-order chi connectivity index (χ1) is 8.70. The number of nitrogens with zero attached hydrogens (tertiary/aromatic N) is 4. The van der Waals surface area contributed by atoms with Gasteiger partial charge in [0.2, 0.25) is 0 Å². The fraction of sp³-hybridized carbons (Fsp3) is 0.154. The van der Waals surface area contributed by atoms with E-state index in [1.807, 2.05) is 37.4 Å². The summed E-state index contributed by atoms with van der Waals surface area (Å²) in [6.45, 7) is 2.02. The minimum Gasteiger partial charge on any atom is -0.340 e. The van der Waals surface area contributed by atoms with E-state index in [4.69, 9.17) is 5.26 Å². The summed E-state index contributed by atoms with van der Waals surface area (Å²) < 4.78 is 0. The van der Waals surface area contributed by atoms with Crippen LogP contribution in [0.15, 0.2) is 36.7 Å². The molecule has 0 saturated heterocycles. The van der Waals surface area contributed by atoms with Crippen LogP contribution in [0.5, 0.6) is 0 Å². The van der Waals surface area contributed by atoms with Crippen molar-refractivity contribution in [1.29, 1.82) is 5.26 Å². The van der Waals surface area contributed by atoms with Gasteiger partial charge in [0.1, 0.15) is 18.0 Å². The van der Waals surface area contributed by atoms with E-state index in [1.54, 1.807) is 13.1 Å². The van der Waals surface area contributed by atoms with Crippen LogP contribution in [0.4, 0.5) is 17.3 Å². The van der Waals surface area contributed by atoms with Gasteiger partial charge in [-0.05, 0) is 18.6 Å². The standard InChI is InChI=1S/C13H13N5/c1-10-5-3-4-6-11(10)17-12-7-13(16-9-15-12)18(2)8-14/h3-7,9H,1-2H3,(H,15,16,17). The second-order valence-corrected chi connectivity index (χ2v) is 3.86. The number of benzene rings is 1. The zero-order valence-electron chi connectivity index (χ0n) is 10.3. The minimum atomic E-state index is 0.559. The van der Waals surface area contributed by atoms with E-state index >= 15 is 0 Å². The van der Waals surface area contributed by atoms with Gasteiger partial charge < -0.3 is 5.32 Å². The van der Waals surface area contributed by atoms with Gasteiger partial charge in [0.15, 0.2) is 6.19 Å². The van der Waals surface area contributed by atoms with Crippen LogP contribution in [0.3, 0.4) is 0 Å². The van der Waals surface area contributed by atoms with Crippen LogP contribution >= 0.6 is 0 Å². The van der Waals surface area contributed by atoms with Crippen LogP contribution in [0.1, 0.15) is 5.56 Å². The average molecular weight is 239 g/mol. The van der Waals surface area contributed by atoms with Gasteiger partial charge in [-0.25, -0.2) is 9.97 Å². The van der Waals surface area contributed by atoms with E-state index < -0.39 is 0 Å². The van der Waals surface area contributed by atoms with Crippen molar-refractivity contribution >= 4 is 17.3 Å². The predicted molar refractivity (Wildman–Crippen MR) is 70.5 cm³/mol. The quantitative estimate of drug-likeness (QED) is 0.658. The first-order valence-corrected chi connectivity index (χ1v) is 5.49. The number of para-hydroxylation sites is 1. The fourth-order valence-corrected chi connectivity index (χ4v) is 1.50.